The summed E-state index contributed by atoms with van der Waals surface area (Å²) in [7, 11) is 0. The van der Waals surface area contributed by atoms with E-state index < -0.39 is 17.8 Å². The van der Waals surface area contributed by atoms with Gasteiger partial charge in [-0.1, -0.05) is 0 Å². The lowest BCUT2D eigenvalue weighted by atomic mass is 10.2. The molecular weight excluding hydrogens is 261 g/mol. The molecule has 14 heavy (non-hydrogen) atoms. The standard InChI is InChI=1S/C8H4BrF3N2/c9-6-3-4(8(11)12)7(10)5(14-6)1-2-13/h3,8H,1H2. The van der Waals surface area contributed by atoms with Gasteiger partial charge in [0.2, 0.25) is 0 Å². The molecule has 0 aliphatic rings. The summed E-state index contributed by atoms with van der Waals surface area (Å²) in [5, 5.41) is 8.31. The Bertz CT molecular complexity index is 387. The fourth-order valence-corrected chi connectivity index (χ4v) is 1.38. The van der Waals surface area contributed by atoms with E-state index in [1.54, 1.807) is 6.07 Å². The zero-order valence-electron chi connectivity index (χ0n) is 6.77. The third kappa shape index (κ3) is 2.23. The molecule has 1 aromatic heterocycles. The van der Waals surface area contributed by atoms with Crippen LogP contribution >= 0.6 is 15.9 Å². The first-order valence-electron chi connectivity index (χ1n) is 3.56. The van der Waals surface area contributed by atoms with Gasteiger partial charge in [0.15, 0.2) is 5.82 Å². The fourth-order valence-electron chi connectivity index (χ4n) is 0.919. The zero-order valence-corrected chi connectivity index (χ0v) is 8.35. The Morgan fingerprint density at radius 2 is 2.21 bits per heavy atom. The summed E-state index contributed by atoms with van der Waals surface area (Å²) in [6.45, 7) is 0. The van der Waals surface area contributed by atoms with Crippen LogP contribution in [0.3, 0.4) is 0 Å². The topological polar surface area (TPSA) is 36.7 Å². The third-order valence-electron chi connectivity index (χ3n) is 1.50. The Kier molecular flexibility index (Phi) is 3.47. The van der Waals surface area contributed by atoms with Crippen LogP contribution in [0.4, 0.5) is 13.2 Å². The highest BCUT2D eigenvalue weighted by Crippen LogP contribution is 2.26. The van der Waals surface area contributed by atoms with Crippen molar-refractivity contribution in [3.63, 3.8) is 0 Å². The number of aromatic nitrogens is 1. The molecule has 0 saturated carbocycles. The van der Waals surface area contributed by atoms with Crippen molar-refractivity contribution in [1.29, 1.82) is 5.26 Å². The molecule has 6 heteroatoms. The van der Waals surface area contributed by atoms with Crippen LogP contribution in [0.2, 0.25) is 0 Å². The van der Waals surface area contributed by atoms with Crippen molar-refractivity contribution >= 4 is 15.9 Å². The molecule has 1 heterocycles. The van der Waals surface area contributed by atoms with Gasteiger partial charge in [0.1, 0.15) is 4.60 Å². The van der Waals surface area contributed by atoms with Crippen LogP contribution in [0.25, 0.3) is 0 Å². The minimum atomic E-state index is -2.91. The van der Waals surface area contributed by atoms with E-state index in [1.165, 1.54) is 0 Å². The van der Waals surface area contributed by atoms with Crippen LogP contribution in [0.5, 0.6) is 0 Å². The van der Waals surface area contributed by atoms with Gasteiger partial charge in [-0.3, -0.25) is 0 Å². The minimum Gasteiger partial charge on any atom is -0.242 e. The molecule has 0 aliphatic heterocycles. The maximum Gasteiger partial charge on any atom is 0.266 e. The number of hydrogen-bond donors (Lipinski definition) is 0. The molecule has 74 valence electrons. The summed E-state index contributed by atoms with van der Waals surface area (Å²) >= 11 is 2.86. The molecule has 1 rings (SSSR count). The number of hydrogen-bond acceptors (Lipinski definition) is 2. The van der Waals surface area contributed by atoms with Crippen molar-refractivity contribution in [3.8, 4) is 6.07 Å². The fraction of sp³-hybridized carbons (Fsp3) is 0.250. The molecule has 0 aromatic carbocycles. The predicted molar refractivity (Wildman–Crippen MR) is 46.2 cm³/mol. The molecule has 2 nitrogen and oxygen atoms in total. The maximum atomic E-state index is 13.2. The molecule has 0 spiro atoms. The average molecular weight is 265 g/mol. The van der Waals surface area contributed by atoms with Gasteiger partial charge in [0, 0.05) is 0 Å². The first kappa shape index (κ1) is 11.0. The largest absolute Gasteiger partial charge is 0.266 e. The highest BCUT2D eigenvalue weighted by molar-refractivity contribution is 9.10. The van der Waals surface area contributed by atoms with Gasteiger partial charge < -0.3 is 0 Å². The summed E-state index contributed by atoms with van der Waals surface area (Å²) in [5.74, 6) is -1.11. The Hall–Kier alpha value is -1.09. The van der Waals surface area contributed by atoms with Crippen molar-refractivity contribution in [2.75, 3.05) is 0 Å². The van der Waals surface area contributed by atoms with Gasteiger partial charge in [-0.2, -0.15) is 5.26 Å². The second-order valence-corrected chi connectivity index (χ2v) is 3.24. The molecular formula is C8H4BrF3N2. The predicted octanol–water partition coefficient (Wildman–Crippen LogP) is 2.99. The van der Waals surface area contributed by atoms with Gasteiger partial charge in [0.05, 0.1) is 23.7 Å². The highest BCUT2D eigenvalue weighted by atomic mass is 79.9. The number of rotatable bonds is 2. The Morgan fingerprint density at radius 3 is 2.71 bits per heavy atom. The summed E-state index contributed by atoms with van der Waals surface area (Å²) < 4.78 is 37.8. The quantitative estimate of drug-likeness (QED) is 0.771. The van der Waals surface area contributed by atoms with E-state index in [-0.39, 0.29) is 16.7 Å². The lowest BCUT2D eigenvalue weighted by Gasteiger charge is -2.05. The van der Waals surface area contributed by atoms with Crippen LogP contribution in [-0.2, 0) is 6.42 Å². The van der Waals surface area contributed by atoms with E-state index in [2.05, 4.69) is 20.9 Å². The average Bonchev–Trinajstić information content (AvgIpc) is 2.10. The molecule has 0 saturated heterocycles. The summed E-state index contributed by atoms with van der Waals surface area (Å²) in [5.41, 5.74) is -1.01. The van der Waals surface area contributed by atoms with E-state index in [1.807, 2.05) is 0 Å². The van der Waals surface area contributed by atoms with Crippen molar-refractivity contribution in [1.82, 2.24) is 4.98 Å². The normalized spacial score (nSPS) is 10.3. The van der Waals surface area contributed by atoms with Gasteiger partial charge in [0.25, 0.3) is 6.43 Å². The van der Waals surface area contributed by atoms with E-state index in [0.29, 0.717) is 0 Å². The molecule has 0 fully saturated rings. The SMILES string of the molecule is N#CCc1nc(Br)cc(C(F)F)c1F. The minimum absolute atomic E-state index is 0.0967. The van der Waals surface area contributed by atoms with E-state index in [0.717, 1.165) is 6.07 Å². The van der Waals surface area contributed by atoms with Gasteiger partial charge in [-0.15, -0.1) is 0 Å². The lowest BCUT2D eigenvalue weighted by molar-refractivity contribution is 0.145. The Balaban J connectivity index is 3.26. The molecule has 0 N–H and O–H groups in total. The van der Waals surface area contributed by atoms with E-state index in [9.17, 15) is 13.2 Å². The van der Waals surface area contributed by atoms with E-state index in [4.69, 9.17) is 5.26 Å². The molecule has 0 amide bonds. The van der Waals surface area contributed by atoms with Crippen molar-refractivity contribution < 1.29 is 13.2 Å². The first-order valence-corrected chi connectivity index (χ1v) is 4.35. The lowest BCUT2D eigenvalue weighted by Crippen LogP contribution is -2.01. The molecule has 0 radical (unpaired) electrons. The second kappa shape index (κ2) is 4.42. The molecule has 0 bridgehead atoms. The Morgan fingerprint density at radius 1 is 1.57 bits per heavy atom. The molecule has 0 unspecified atom stereocenters. The van der Waals surface area contributed by atoms with Crippen LogP contribution in [0.15, 0.2) is 10.7 Å². The third-order valence-corrected chi connectivity index (χ3v) is 1.91. The monoisotopic (exact) mass is 264 g/mol. The summed E-state index contributed by atoms with van der Waals surface area (Å²) in [6, 6.07) is 2.55. The first-order chi connectivity index (χ1) is 6.56. The van der Waals surface area contributed by atoms with Crippen LogP contribution in [0, 0.1) is 17.1 Å². The number of nitriles is 1. The number of halogens is 4. The van der Waals surface area contributed by atoms with Crippen LogP contribution < -0.4 is 0 Å². The molecule has 1 aromatic rings. The van der Waals surface area contributed by atoms with Crippen molar-refractivity contribution in [2.45, 2.75) is 12.8 Å². The van der Waals surface area contributed by atoms with Gasteiger partial charge in [-0.05, 0) is 22.0 Å². The number of alkyl halides is 2. The highest BCUT2D eigenvalue weighted by Gasteiger charge is 2.18. The zero-order chi connectivity index (χ0) is 10.7. The molecule has 0 aliphatic carbocycles. The van der Waals surface area contributed by atoms with Crippen molar-refractivity contribution in [3.05, 3.63) is 27.7 Å². The second-order valence-electron chi connectivity index (χ2n) is 2.43. The summed E-state index contributed by atoms with van der Waals surface area (Å²) in [6.07, 6.45) is -3.24. The maximum absolute atomic E-state index is 13.2. The van der Waals surface area contributed by atoms with E-state index >= 15 is 0 Å². The summed E-state index contributed by atoms with van der Waals surface area (Å²) in [4.78, 5) is 3.59. The number of pyridine rings is 1. The molecule has 0 atom stereocenters. The smallest absolute Gasteiger partial charge is 0.242 e. The Labute approximate surface area is 86.5 Å². The van der Waals surface area contributed by atoms with Gasteiger partial charge in [-0.25, -0.2) is 18.2 Å². The van der Waals surface area contributed by atoms with Gasteiger partial charge >= 0.3 is 0 Å². The van der Waals surface area contributed by atoms with Crippen LogP contribution in [0.1, 0.15) is 17.7 Å². The van der Waals surface area contributed by atoms with Crippen molar-refractivity contribution in [2.24, 2.45) is 0 Å². The number of nitrogens with zero attached hydrogens (tertiary/aromatic N) is 2. The van der Waals surface area contributed by atoms with Crippen LogP contribution in [-0.4, -0.2) is 4.98 Å².